The summed E-state index contributed by atoms with van der Waals surface area (Å²) >= 11 is 0. The highest BCUT2D eigenvalue weighted by Gasteiger charge is 2.26. The minimum Gasteiger partial charge on any atom is -0.373 e. The summed E-state index contributed by atoms with van der Waals surface area (Å²) in [4.78, 5) is 4.72. The number of rotatable bonds is 7. The highest BCUT2D eigenvalue weighted by atomic mass is 16.5. The van der Waals surface area contributed by atoms with Crippen molar-refractivity contribution >= 4 is 0 Å². The number of ether oxygens (including phenoxy) is 1. The van der Waals surface area contributed by atoms with Crippen molar-refractivity contribution in [2.24, 2.45) is 0 Å². The Kier molecular flexibility index (Phi) is 6.41. The summed E-state index contributed by atoms with van der Waals surface area (Å²) in [7, 11) is 4.24. The van der Waals surface area contributed by atoms with Crippen LogP contribution < -0.4 is 5.32 Å². The van der Waals surface area contributed by atoms with E-state index in [1.807, 2.05) is 0 Å². The predicted octanol–water partition coefficient (Wildman–Crippen LogP) is 0.639. The normalized spacial score (nSPS) is 21.0. The summed E-state index contributed by atoms with van der Waals surface area (Å²) in [6.45, 7) is 11.8. The number of hydrogen-bond acceptors (Lipinski definition) is 4. The van der Waals surface area contributed by atoms with Gasteiger partial charge in [0.05, 0.1) is 12.2 Å². The Balaban J connectivity index is 1.99. The van der Waals surface area contributed by atoms with Gasteiger partial charge >= 0.3 is 0 Å². The molecule has 0 saturated carbocycles. The number of nitrogens with one attached hydrogen (secondary N) is 1. The second-order valence-corrected chi connectivity index (χ2v) is 5.79. The molecule has 1 rings (SSSR count). The standard InChI is InChI=1S/C13H29N3O/c1-13(2)12-16(10-11-17-13)9-7-14-6-5-8-15(3)4/h14H,5-12H2,1-4H3. The number of morpholine rings is 1. The molecule has 0 radical (unpaired) electrons. The average Bonchev–Trinajstić information content (AvgIpc) is 2.21. The highest BCUT2D eigenvalue weighted by Crippen LogP contribution is 2.15. The first kappa shape index (κ1) is 14.9. The van der Waals surface area contributed by atoms with Crippen molar-refractivity contribution in [3.63, 3.8) is 0 Å². The van der Waals surface area contributed by atoms with Gasteiger partial charge in [-0.15, -0.1) is 0 Å². The van der Waals surface area contributed by atoms with Crippen LogP contribution in [0.25, 0.3) is 0 Å². The molecule has 0 aromatic heterocycles. The molecule has 1 aliphatic heterocycles. The van der Waals surface area contributed by atoms with Crippen LogP contribution in [0.5, 0.6) is 0 Å². The topological polar surface area (TPSA) is 27.7 Å². The summed E-state index contributed by atoms with van der Waals surface area (Å²) in [6, 6.07) is 0. The van der Waals surface area contributed by atoms with Crippen molar-refractivity contribution in [2.45, 2.75) is 25.9 Å². The molecule has 0 spiro atoms. The van der Waals surface area contributed by atoms with Gasteiger partial charge in [0.1, 0.15) is 0 Å². The van der Waals surface area contributed by atoms with Gasteiger partial charge in [-0.05, 0) is 47.5 Å². The van der Waals surface area contributed by atoms with Gasteiger partial charge < -0.3 is 15.0 Å². The van der Waals surface area contributed by atoms with Gasteiger partial charge in [-0.2, -0.15) is 0 Å². The zero-order valence-electron chi connectivity index (χ0n) is 12.0. The van der Waals surface area contributed by atoms with E-state index < -0.39 is 0 Å². The summed E-state index contributed by atoms with van der Waals surface area (Å²) < 4.78 is 5.70. The van der Waals surface area contributed by atoms with Crippen molar-refractivity contribution in [3.8, 4) is 0 Å². The Morgan fingerprint density at radius 3 is 2.71 bits per heavy atom. The van der Waals surface area contributed by atoms with Gasteiger partial charge in [0.15, 0.2) is 0 Å². The molecular formula is C13H29N3O. The van der Waals surface area contributed by atoms with Gasteiger partial charge in [-0.3, -0.25) is 4.90 Å². The largest absolute Gasteiger partial charge is 0.373 e. The third-order valence-corrected chi connectivity index (χ3v) is 3.07. The second kappa shape index (κ2) is 7.31. The molecule has 4 heteroatoms. The van der Waals surface area contributed by atoms with Crippen LogP contribution in [0.2, 0.25) is 0 Å². The third-order valence-electron chi connectivity index (χ3n) is 3.07. The summed E-state index contributed by atoms with van der Waals surface area (Å²) in [5.74, 6) is 0. The van der Waals surface area contributed by atoms with Crippen molar-refractivity contribution < 1.29 is 4.74 Å². The van der Waals surface area contributed by atoms with Crippen molar-refractivity contribution in [1.82, 2.24) is 15.1 Å². The molecular weight excluding hydrogens is 214 g/mol. The van der Waals surface area contributed by atoms with Crippen LogP contribution in [0, 0.1) is 0 Å². The van der Waals surface area contributed by atoms with Gasteiger partial charge in [0, 0.05) is 26.2 Å². The van der Waals surface area contributed by atoms with Gasteiger partial charge in [0.2, 0.25) is 0 Å². The molecule has 0 aliphatic carbocycles. The molecule has 1 heterocycles. The van der Waals surface area contributed by atoms with Crippen LogP contribution in [-0.4, -0.2) is 75.4 Å². The van der Waals surface area contributed by atoms with Crippen LogP contribution in [0.3, 0.4) is 0 Å². The molecule has 1 aliphatic rings. The first-order valence-electron chi connectivity index (χ1n) is 6.71. The van der Waals surface area contributed by atoms with E-state index in [9.17, 15) is 0 Å². The minimum absolute atomic E-state index is 0.0309. The molecule has 1 saturated heterocycles. The Morgan fingerprint density at radius 2 is 2.06 bits per heavy atom. The Labute approximate surface area is 106 Å². The molecule has 4 nitrogen and oxygen atoms in total. The Hall–Kier alpha value is -0.160. The lowest BCUT2D eigenvalue weighted by atomic mass is 10.1. The van der Waals surface area contributed by atoms with Crippen LogP contribution in [0.4, 0.5) is 0 Å². The highest BCUT2D eigenvalue weighted by molar-refractivity contribution is 4.79. The van der Waals surface area contributed by atoms with Gasteiger partial charge in [-0.1, -0.05) is 0 Å². The smallest absolute Gasteiger partial charge is 0.0753 e. The molecule has 0 aromatic carbocycles. The average molecular weight is 243 g/mol. The molecule has 1 N–H and O–H groups in total. The molecule has 102 valence electrons. The second-order valence-electron chi connectivity index (χ2n) is 5.79. The van der Waals surface area contributed by atoms with E-state index in [1.54, 1.807) is 0 Å². The van der Waals surface area contributed by atoms with Crippen LogP contribution in [0.1, 0.15) is 20.3 Å². The fraction of sp³-hybridized carbons (Fsp3) is 1.00. The lowest BCUT2D eigenvalue weighted by Gasteiger charge is -2.38. The van der Waals surface area contributed by atoms with Crippen molar-refractivity contribution in [1.29, 1.82) is 0 Å². The van der Waals surface area contributed by atoms with E-state index in [0.717, 1.165) is 45.9 Å². The maximum atomic E-state index is 5.70. The van der Waals surface area contributed by atoms with Crippen LogP contribution >= 0.6 is 0 Å². The fourth-order valence-corrected chi connectivity index (χ4v) is 2.19. The molecule has 0 unspecified atom stereocenters. The monoisotopic (exact) mass is 243 g/mol. The Bertz CT molecular complexity index is 207. The van der Waals surface area contributed by atoms with E-state index in [2.05, 4.69) is 43.1 Å². The lowest BCUT2D eigenvalue weighted by Crippen LogP contribution is -2.49. The van der Waals surface area contributed by atoms with Crippen LogP contribution in [-0.2, 0) is 4.74 Å². The summed E-state index contributed by atoms with van der Waals surface area (Å²) in [6.07, 6.45) is 1.22. The van der Waals surface area contributed by atoms with Crippen LogP contribution in [0.15, 0.2) is 0 Å². The van der Waals surface area contributed by atoms with Gasteiger partial charge in [0.25, 0.3) is 0 Å². The molecule has 1 fully saturated rings. The maximum absolute atomic E-state index is 5.70. The fourth-order valence-electron chi connectivity index (χ4n) is 2.19. The molecule has 17 heavy (non-hydrogen) atoms. The maximum Gasteiger partial charge on any atom is 0.0753 e. The summed E-state index contributed by atoms with van der Waals surface area (Å²) in [5.41, 5.74) is 0.0309. The first-order chi connectivity index (χ1) is 7.99. The quantitative estimate of drug-likeness (QED) is 0.664. The molecule has 0 atom stereocenters. The van der Waals surface area contributed by atoms with E-state index in [0.29, 0.717) is 0 Å². The van der Waals surface area contributed by atoms with Gasteiger partial charge in [-0.25, -0.2) is 0 Å². The Morgan fingerprint density at radius 1 is 1.29 bits per heavy atom. The molecule has 0 aromatic rings. The predicted molar refractivity (Wildman–Crippen MR) is 72.5 cm³/mol. The van der Waals surface area contributed by atoms with Crippen molar-refractivity contribution in [3.05, 3.63) is 0 Å². The number of hydrogen-bond donors (Lipinski definition) is 1. The minimum atomic E-state index is 0.0309. The molecule has 0 bridgehead atoms. The van der Waals surface area contributed by atoms with Crippen molar-refractivity contribution in [2.75, 3.05) is 60.0 Å². The first-order valence-corrected chi connectivity index (χ1v) is 6.71. The van der Waals surface area contributed by atoms with E-state index in [4.69, 9.17) is 4.74 Å². The zero-order chi connectivity index (χ0) is 12.7. The third kappa shape index (κ3) is 6.99. The molecule has 0 amide bonds. The van der Waals surface area contributed by atoms with E-state index in [1.165, 1.54) is 6.42 Å². The lowest BCUT2D eigenvalue weighted by molar-refractivity contribution is -0.0854. The SMILES string of the molecule is CN(C)CCCNCCN1CCOC(C)(C)C1. The van der Waals surface area contributed by atoms with E-state index >= 15 is 0 Å². The number of nitrogens with zero attached hydrogens (tertiary/aromatic N) is 2. The summed E-state index contributed by atoms with van der Waals surface area (Å²) in [5, 5.41) is 3.51. The zero-order valence-corrected chi connectivity index (χ0v) is 12.0. The van der Waals surface area contributed by atoms with E-state index in [-0.39, 0.29) is 5.60 Å².